The number of para-hydroxylation sites is 1. The van der Waals surface area contributed by atoms with Gasteiger partial charge < -0.3 is 19.5 Å². The number of nitrogens with zero attached hydrogens (tertiary/aromatic N) is 1. The molecule has 10 heteroatoms. The fraction of sp³-hybridized carbons (Fsp3) is 0.350. The fourth-order valence-electron chi connectivity index (χ4n) is 3.07. The van der Waals surface area contributed by atoms with Crippen molar-refractivity contribution in [2.24, 2.45) is 16.8 Å². The maximum atomic E-state index is 13.6. The van der Waals surface area contributed by atoms with Gasteiger partial charge in [-0.3, -0.25) is 19.4 Å². The third kappa shape index (κ3) is 4.88. The number of anilines is 1. The van der Waals surface area contributed by atoms with E-state index in [9.17, 15) is 23.6 Å². The van der Waals surface area contributed by atoms with Gasteiger partial charge in [-0.25, -0.2) is 9.18 Å². The van der Waals surface area contributed by atoms with Crippen LogP contribution in [0.3, 0.4) is 0 Å². The molecule has 160 valence electrons. The van der Waals surface area contributed by atoms with Crippen LogP contribution in [0.5, 0.6) is 0 Å². The Hall–Kier alpha value is -3.56. The molecule has 9 nitrogen and oxygen atoms in total. The van der Waals surface area contributed by atoms with Gasteiger partial charge in [0.2, 0.25) is 0 Å². The van der Waals surface area contributed by atoms with Crippen molar-refractivity contribution in [2.75, 3.05) is 26.1 Å². The first-order valence-corrected chi connectivity index (χ1v) is 8.84. The van der Waals surface area contributed by atoms with Crippen LogP contribution >= 0.6 is 0 Å². The van der Waals surface area contributed by atoms with Gasteiger partial charge in [0.25, 0.3) is 5.91 Å². The molecule has 0 radical (unpaired) electrons. The van der Waals surface area contributed by atoms with E-state index in [4.69, 9.17) is 14.2 Å². The molecule has 1 aromatic rings. The lowest BCUT2D eigenvalue weighted by molar-refractivity contribution is -0.158. The van der Waals surface area contributed by atoms with Gasteiger partial charge in [-0.15, -0.1) is 0 Å². The monoisotopic (exact) mass is 420 g/mol. The van der Waals surface area contributed by atoms with Gasteiger partial charge >= 0.3 is 17.9 Å². The number of methoxy groups -OCH3 is 2. The minimum Gasteiger partial charge on any atom is -0.468 e. The summed E-state index contributed by atoms with van der Waals surface area (Å²) in [5.41, 5.74) is 0.164. The van der Waals surface area contributed by atoms with Gasteiger partial charge in [0.15, 0.2) is 6.61 Å². The first kappa shape index (κ1) is 22.7. The molecular formula is C20H21FN2O7. The van der Waals surface area contributed by atoms with Crippen molar-refractivity contribution in [1.29, 1.82) is 0 Å². The topological polar surface area (TPSA) is 120 Å². The number of aliphatic imine (C=N–C) groups is 1. The number of carbonyl (C=O) groups is 4. The van der Waals surface area contributed by atoms with Gasteiger partial charge in [0.05, 0.1) is 25.5 Å². The summed E-state index contributed by atoms with van der Waals surface area (Å²) in [4.78, 5) is 53.5. The molecule has 0 aliphatic carbocycles. The highest BCUT2D eigenvalue weighted by atomic mass is 19.1. The zero-order valence-corrected chi connectivity index (χ0v) is 16.9. The van der Waals surface area contributed by atoms with Crippen LogP contribution in [0.15, 0.2) is 40.5 Å². The average Bonchev–Trinajstić information content (AvgIpc) is 2.72. The predicted octanol–water partition coefficient (Wildman–Crippen LogP) is 1.63. The van der Waals surface area contributed by atoms with Crippen molar-refractivity contribution < 1.29 is 37.8 Å². The van der Waals surface area contributed by atoms with E-state index < -0.39 is 48.1 Å². The summed E-state index contributed by atoms with van der Waals surface area (Å²) in [6, 6.07) is 5.47. The molecule has 1 aliphatic rings. The largest absolute Gasteiger partial charge is 0.468 e. The highest BCUT2D eigenvalue weighted by Gasteiger charge is 2.46. The number of benzene rings is 1. The number of amides is 1. The van der Waals surface area contributed by atoms with E-state index in [1.165, 1.54) is 32.0 Å². The Morgan fingerprint density at radius 1 is 1.03 bits per heavy atom. The minimum absolute atomic E-state index is 0.0855. The molecule has 1 amide bonds. The van der Waals surface area contributed by atoms with Crippen LogP contribution in [0, 0.1) is 17.7 Å². The van der Waals surface area contributed by atoms with Crippen LogP contribution in [-0.2, 0) is 33.4 Å². The Labute approximate surface area is 171 Å². The normalized spacial score (nSPS) is 18.2. The lowest BCUT2D eigenvalue weighted by atomic mass is 9.80. The Morgan fingerprint density at radius 3 is 2.30 bits per heavy atom. The maximum absolute atomic E-state index is 13.6. The highest BCUT2D eigenvalue weighted by molar-refractivity contribution is 6.10. The van der Waals surface area contributed by atoms with Crippen LogP contribution in [0.4, 0.5) is 10.1 Å². The average molecular weight is 420 g/mol. The maximum Gasteiger partial charge on any atom is 0.336 e. The predicted molar refractivity (Wildman–Crippen MR) is 103 cm³/mol. The molecule has 1 unspecified atom stereocenters. The Balaban J connectivity index is 2.23. The second kappa shape index (κ2) is 9.77. The number of hydrogen-bond donors (Lipinski definition) is 1. The van der Waals surface area contributed by atoms with Crippen molar-refractivity contribution in [3.8, 4) is 0 Å². The van der Waals surface area contributed by atoms with Crippen molar-refractivity contribution in [3.05, 3.63) is 41.4 Å². The highest BCUT2D eigenvalue weighted by Crippen LogP contribution is 2.33. The SMILES string of the molecule is COC(=O)C1=C(C)N=C(C)C(C(=O)OC)[C@@H]1C(=O)OCC(=O)Nc1ccccc1F. The Bertz CT molecular complexity index is 939. The molecule has 2 rings (SSSR count). The van der Waals surface area contributed by atoms with Crippen LogP contribution < -0.4 is 5.32 Å². The summed E-state index contributed by atoms with van der Waals surface area (Å²) in [5.74, 6) is -6.79. The van der Waals surface area contributed by atoms with Gasteiger partial charge in [-0.05, 0) is 26.0 Å². The summed E-state index contributed by atoms with van der Waals surface area (Å²) in [6.45, 7) is 2.22. The quantitative estimate of drug-likeness (QED) is 0.549. The van der Waals surface area contributed by atoms with E-state index in [-0.39, 0.29) is 22.7 Å². The lowest BCUT2D eigenvalue weighted by Gasteiger charge is -2.29. The first-order valence-electron chi connectivity index (χ1n) is 8.84. The molecule has 30 heavy (non-hydrogen) atoms. The smallest absolute Gasteiger partial charge is 0.336 e. The summed E-state index contributed by atoms with van der Waals surface area (Å²) < 4.78 is 28.1. The number of ether oxygens (including phenoxy) is 3. The van der Waals surface area contributed by atoms with Gasteiger partial charge in [-0.1, -0.05) is 12.1 Å². The molecule has 0 saturated carbocycles. The van der Waals surface area contributed by atoms with Crippen molar-refractivity contribution in [3.63, 3.8) is 0 Å². The lowest BCUT2D eigenvalue weighted by Crippen LogP contribution is -2.42. The molecule has 0 saturated heterocycles. The summed E-state index contributed by atoms with van der Waals surface area (Å²) >= 11 is 0. The van der Waals surface area contributed by atoms with E-state index >= 15 is 0 Å². The molecule has 1 N–H and O–H groups in total. The molecular weight excluding hydrogens is 399 g/mol. The number of carbonyl (C=O) groups excluding carboxylic acids is 4. The number of rotatable bonds is 6. The number of halogens is 1. The van der Waals surface area contributed by atoms with Gasteiger partial charge in [-0.2, -0.15) is 0 Å². The van der Waals surface area contributed by atoms with Crippen LogP contribution in [0.25, 0.3) is 0 Å². The van der Waals surface area contributed by atoms with Crippen LogP contribution in [-0.4, -0.2) is 50.4 Å². The Kier molecular flexibility index (Phi) is 7.40. The standard InChI is InChI=1S/C20H21FN2O7/c1-10-15(18(25)28-3)17(16(11(2)22-10)19(26)29-4)20(27)30-9-14(24)23-13-8-6-5-7-12(13)21/h5-8,15,17H,9H2,1-4H3,(H,23,24)/t15?,17-/m0/s1. The van der Waals surface area contributed by atoms with E-state index in [1.54, 1.807) is 0 Å². The molecule has 0 spiro atoms. The summed E-state index contributed by atoms with van der Waals surface area (Å²) in [7, 11) is 2.24. The second-order valence-corrected chi connectivity index (χ2v) is 6.36. The van der Waals surface area contributed by atoms with E-state index in [0.29, 0.717) is 0 Å². The Morgan fingerprint density at radius 2 is 1.70 bits per heavy atom. The molecule has 1 heterocycles. The zero-order valence-electron chi connectivity index (χ0n) is 16.9. The summed E-state index contributed by atoms with van der Waals surface area (Å²) in [6.07, 6.45) is 0. The number of esters is 3. The first-order chi connectivity index (χ1) is 14.2. The molecule has 2 atom stereocenters. The van der Waals surface area contributed by atoms with E-state index in [2.05, 4.69) is 10.3 Å². The second-order valence-electron chi connectivity index (χ2n) is 6.36. The molecule has 1 aromatic carbocycles. The minimum atomic E-state index is -1.41. The number of hydrogen-bond acceptors (Lipinski definition) is 8. The molecule has 0 aromatic heterocycles. The fourth-order valence-corrected chi connectivity index (χ4v) is 3.07. The molecule has 0 fully saturated rings. The number of allylic oxidation sites excluding steroid dienone is 1. The third-order valence-corrected chi connectivity index (χ3v) is 4.44. The van der Waals surface area contributed by atoms with Gasteiger partial charge in [0.1, 0.15) is 17.7 Å². The van der Waals surface area contributed by atoms with Gasteiger partial charge in [0, 0.05) is 11.4 Å². The van der Waals surface area contributed by atoms with Crippen molar-refractivity contribution in [2.45, 2.75) is 13.8 Å². The summed E-state index contributed by atoms with van der Waals surface area (Å²) in [5, 5.41) is 2.27. The third-order valence-electron chi connectivity index (χ3n) is 4.44. The van der Waals surface area contributed by atoms with Crippen LogP contribution in [0.2, 0.25) is 0 Å². The van der Waals surface area contributed by atoms with Crippen LogP contribution in [0.1, 0.15) is 13.8 Å². The van der Waals surface area contributed by atoms with Crippen molar-refractivity contribution >= 4 is 35.2 Å². The zero-order chi connectivity index (χ0) is 22.4. The molecule has 1 aliphatic heterocycles. The molecule has 0 bridgehead atoms. The van der Waals surface area contributed by atoms with E-state index in [0.717, 1.165) is 20.3 Å². The van der Waals surface area contributed by atoms with E-state index in [1.807, 2.05) is 0 Å². The number of nitrogens with one attached hydrogen (secondary N) is 1. The van der Waals surface area contributed by atoms with Crippen molar-refractivity contribution in [1.82, 2.24) is 0 Å².